The van der Waals surface area contributed by atoms with Crippen molar-refractivity contribution >= 4 is 49.2 Å². The van der Waals surface area contributed by atoms with Crippen LogP contribution in [0.15, 0.2) is 89.8 Å². The van der Waals surface area contributed by atoms with Crippen molar-refractivity contribution < 1.29 is 17.9 Å². The second-order valence-electron chi connectivity index (χ2n) is 7.75. The summed E-state index contributed by atoms with van der Waals surface area (Å²) in [6.07, 6.45) is 0. The molecule has 0 aliphatic heterocycles. The highest BCUT2D eigenvalue weighted by molar-refractivity contribution is 7.92. The van der Waals surface area contributed by atoms with Crippen LogP contribution in [0.3, 0.4) is 0 Å². The SMILES string of the molecule is COc1cc(Nc2nc3ccccc3nc2NS(=O)(=O)c2ccc3ccccc3c2)cc(OC)c1. The fourth-order valence-electron chi connectivity index (χ4n) is 3.70. The number of aromatic nitrogens is 2. The van der Waals surface area contributed by atoms with Crippen LogP contribution in [0.4, 0.5) is 17.3 Å². The highest BCUT2D eigenvalue weighted by Gasteiger charge is 2.20. The Kier molecular flexibility index (Phi) is 5.84. The molecule has 1 heterocycles. The highest BCUT2D eigenvalue weighted by Crippen LogP contribution is 2.31. The van der Waals surface area contributed by atoms with Crippen LogP contribution in [-0.4, -0.2) is 32.6 Å². The summed E-state index contributed by atoms with van der Waals surface area (Å²) in [6.45, 7) is 0. The van der Waals surface area contributed by atoms with Crippen molar-refractivity contribution in [2.45, 2.75) is 4.90 Å². The Balaban J connectivity index is 1.58. The summed E-state index contributed by atoms with van der Waals surface area (Å²) in [5, 5.41) is 4.93. The first kappa shape index (κ1) is 22.4. The number of benzene rings is 4. The van der Waals surface area contributed by atoms with Gasteiger partial charge in [0.15, 0.2) is 11.6 Å². The molecule has 0 saturated carbocycles. The Morgan fingerprint density at radius 2 is 1.29 bits per heavy atom. The molecular formula is C26H22N4O4S. The molecule has 0 fully saturated rings. The van der Waals surface area contributed by atoms with Gasteiger partial charge in [-0.25, -0.2) is 18.4 Å². The first-order valence-electron chi connectivity index (χ1n) is 10.7. The molecule has 8 nitrogen and oxygen atoms in total. The van der Waals surface area contributed by atoms with E-state index in [2.05, 4.69) is 20.0 Å². The molecule has 176 valence electrons. The number of ether oxygens (including phenoxy) is 2. The van der Waals surface area contributed by atoms with Gasteiger partial charge >= 0.3 is 0 Å². The molecule has 0 amide bonds. The number of sulfonamides is 1. The fraction of sp³-hybridized carbons (Fsp3) is 0.0769. The van der Waals surface area contributed by atoms with Gasteiger partial charge < -0.3 is 14.8 Å². The Labute approximate surface area is 202 Å². The summed E-state index contributed by atoms with van der Waals surface area (Å²) >= 11 is 0. The third-order valence-electron chi connectivity index (χ3n) is 5.45. The minimum absolute atomic E-state index is 0.0682. The summed E-state index contributed by atoms with van der Waals surface area (Å²) < 4.78 is 40.0. The van der Waals surface area contributed by atoms with Gasteiger partial charge in [-0.2, -0.15) is 0 Å². The quantitative estimate of drug-likeness (QED) is 0.320. The number of fused-ring (bicyclic) bond motifs is 2. The second-order valence-corrected chi connectivity index (χ2v) is 9.43. The topological polar surface area (TPSA) is 102 Å². The van der Waals surface area contributed by atoms with Crippen molar-refractivity contribution in [1.29, 1.82) is 0 Å². The van der Waals surface area contributed by atoms with Gasteiger partial charge in [-0.1, -0.05) is 42.5 Å². The Morgan fingerprint density at radius 3 is 1.94 bits per heavy atom. The summed E-state index contributed by atoms with van der Waals surface area (Å²) in [5.74, 6) is 1.44. The first-order valence-corrected chi connectivity index (χ1v) is 12.2. The lowest BCUT2D eigenvalue weighted by atomic mass is 10.1. The summed E-state index contributed by atoms with van der Waals surface area (Å²) in [6, 6.07) is 25.0. The van der Waals surface area contributed by atoms with Crippen LogP contribution in [0, 0.1) is 0 Å². The van der Waals surface area contributed by atoms with E-state index in [-0.39, 0.29) is 16.5 Å². The van der Waals surface area contributed by atoms with Crippen molar-refractivity contribution in [3.63, 3.8) is 0 Å². The van der Waals surface area contributed by atoms with Crippen LogP contribution in [-0.2, 0) is 10.0 Å². The van der Waals surface area contributed by atoms with E-state index < -0.39 is 10.0 Å². The molecular weight excluding hydrogens is 464 g/mol. The highest BCUT2D eigenvalue weighted by atomic mass is 32.2. The van der Waals surface area contributed by atoms with E-state index in [0.29, 0.717) is 28.2 Å². The van der Waals surface area contributed by atoms with Crippen LogP contribution >= 0.6 is 0 Å². The first-order chi connectivity index (χ1) is 16.9. The molecule has 5 rings (SSSR count). The van der Waals surface area contributed by atoms with Crippen LogP contribution in [0.5, 0.6) is 11.5 Å². The molecule has 0 atom stereocenters. The molecule has 0 aliphatic rings. The van der Waals surface area contributed by atoms with Crippen molar-refractivity contribution in [3.05, 3.63) is 84.9 Å². The number of nitrogens with zero attached hydrogens (tertiary/aromatic N) is 2. The molecule has 4 aromatic carbocycles. The molecule has 0 unspecified atom stereocenters. The molecule has 9 heteroatoms. The lowest BCUT2D eigenvalue weighted by Crippen LogP contribution is -2.16. The number of rotatable bonds is 7. The zero-order valence-electron chi connectivity index (χ0n) is 19.0. The predicted octanol–water partition coefficient (Wildman–Crippen LogP) is 5.34. The largest absolute Gasteiger partial charge is 0.497 e. The monoisotopic (exact) mass is 486 g/mol. The summed E-state index contributed by atoms with van der Waals surface area (Å²) in [4.78, 5) is 9.30. The van der Waals surface area contributed by atoms with Gasteiger partial charge in [-0.15, -0.1) is 0 Å². The molecule has 0 spiro atoms. The van der Waals surface area contributed by atoms with Gasteiger partial charge in [0.25, 0.3) is 10.0 Å². The van der Waals surface area contributed by atoms with Crippen molar-refractivity contribution in [3.8, 4) is 11.5 Å². The number of anilines is 3. The third kappa shape index (κ3) is 4.67. The molecule has 1 aromatic heterocycles. The lowest BCUT2D eigenvalue weighted by molar-refractivity contribution is 0.395. The average Bonchev–Trinajstić information content (AvgIpc) is 2.88. The van der Waals surface area contributed by atoms with Crippen LogP contribution in [0.2, 0.25) is 0 Å². The maximum atomic E-state index is 13.3. The normalized spacial score (nSPS) is 11.4. The summed E-state index contributed by atoms with van der Waals surface area (Å²) in [7, 11) is -0.850. The van der Waals surface area contributed by atoms with Crippen LogP contribution in [0.1, 0.15) is 0 Å². The van der Waals surface area contributed by atoms with E-state index in [1.165, 1.54) is 0 Å². The van der Waals surface area contributed by atoms with Gasteiger partial charge in [0.2, 0.25) is 0 Å². The molecule has 0 bridgehead atoms. The van der Waals surface area contributed by atoms with E-state index >= 15 is 0 Å². The summed E-state index contributed by atoms with van der Waals surface area (Å²) in [5.41, 5.74) is 1.76. The van der Waals surface area contributed by atoms with Crippen LogP contribution < -0.4 is 19.5 Å². The van der Waals surface area contributed by atoms with Crippen molar-refractivity contribution in [1.82, 2.24) is 9.97 Å². The maximum Gasteiger partial charge on any atom is 0.263 e. The van der Waals surface area contributed by atoms with Gasteiger partial charge in [-0.05, 0) is 35.0 Å². The zero-order valence-corrected chi connectivity index (χ0v) is 19.8. The Bertz CT molecular complexity index is 1630. The molecule has 5 aromatic rings. The van der Waals surface area contributed by atoms with E-state index in [1.54, 1.807) is 62.8 Å². The molecule has 35 heavy (non-hydrogen) atoms. The standard InChI is InChI=1S/C26H22N4O4S/c1-33-20-14-19(15-21(16-20)34-2)27-25-26(29-24-10-6-5-9-23(24)28-25)30-35(31,32)22-12-11-17-7-3-4-8-18(17)13-22/h3-16H,1-2H3,(H,27,28)(H,29,30). The average molecular weight is 487 g/mol. The van der Waals surface area contributed by atoms with Crippen LogP contribution in [0.25, 0.3) is 21.8 Å². The smallest absolute Gasteiger partial charge is 0.263 e. The Morgan fingerprint density at radius 1 is 0.686 bits per heavy atom. The van der Waals surface area contributed by atoms with Crippen molar-refractivity contribution in [2.75, 3.05) is 24.3 Å². The van der Waals surface area contributed by atoms with Crippen molar-refractivity contribution in [2.24, 2.45) is 0 Å². The van der Waals surface area contributed by atoms with Gasteiger partial charge in [0.1, 0.15) is 11.5 Å². The number of nitrogens with one attached hydrogen (secondary N) is 2. The van der Waals surface area contributed by atoms with E-state index in [9.17, 15) is 8.42 Å². The van der Waals surface area contributed by atoms with Gasteiger partial charge in [-0.3, -0.25) is 4.72 Å². The van der Waals surface area contributed by atoms with E-state index in [4.69, 9.17) is 9.47 Å². The molecule has 0 aliphatic carbocycles. The van der Waals surface area contributed by atoms with Gasteiger partial charge in [0, 0.05) is 23.9 Å². The second kappa shape index (κ2) is 9.11. The zero-order chi connectivity index (χ0) is 24.4. The minimum atomic E-state index is -3.96. The van der Waals surface area contributed by atoms with E-state index in [1.807, 2.05) is 36.4 Å². The number of para-hydroxylation sites is 2. The fourth-order valence-corrected chi connectivity index (χ4v) is 4.74. The minimum Gasteiger partial charge on any atom is -0.497 e. The van der Waals surface area contributed by atoms with E-state index in [0.717, 1.165) is 10.8 Å². The molecule has 0 radical (unpaired) electrons. The number of hydrogen-bond acceptors (Lipinski definition) is 7. The van der Waals surface area contributed by atoms with Gasteiger partial charge in [0.05, 0.1) is 30.1 Å². The molecule has 0 saturated heterocycles. The number of methoxy groups -OCH3 is 2. The lowest BCUT2D eigenvalue weighted by Gasteiger charge is -2.15. The number of hydrogen-bond donors (Lipinski definition) is 2. The third-order valence-corrected chi connectivity index (χ3v) is 6.78. The predicted molar refractivity (Wildman–Crippen MR) is 137 cm³/mol. The Hall–Kier alpha value is -4.37. The molecule has 2 N–H and O–H groups in total. The maximum absolute atomic E-state index is 13.3.